The molecule has 0 fully saturated rings. The van der Waals surface area contributed by atoms with Gasteiger partial charge in [0, 0.05) is 35.2 Å². The molecular formula is C28H29NO6. The van der Waals surface area contributed by atoms with Gasteiger partial charge in [-0.3, -0.25) is 4.79 Å². The van der Waals surface area contributed by atoms with Crippen molar-refractivity contribution in [3.05, 3.63) is 83.6 Å². The highest BCUT2D eigenvalue weighted by Gasteiger charge is 2.13. The maximum atomic E-state index is 12.4. The lowest BCUT2D eigenvalue weighted by Gasteiger charge is -2.14. The van der Waals surface area contributed by atoms with Crippen molar-refractivity contribution in [1.82, 2.24) is 0 Å². The molecular weight excluding hydrogens is 446 g/mol. The molecule has 0 aliphatic heterocycles. The Bertz CT molecular complexity index is 1190. The van der Waals surface area contributed by atoms with Gasteiger partial charge >= 0.3 is 0 Å². The fourth-order valence-corrected chi connectivity index (χ4v) is 3.45. The Labute approximate surface area is 205 Å². The summed E-state index contributed by atoms with van der Waals surface area (Å²) < 4.78 is 27.2. The number of nitrogens with one attached hydrogen (secondary N) is 1. The van der Waals surface area contributed by atoms with Crippen LogP contribution in [0.15, 0.2) is 66.9 Å². The summed E-state index contributed by atoms with van der Waals surface area (Å²) in [6.45, 7) is 0. The van der Waals surface area contributed by atoms with Crippen molar-refractivity contribution in [3.8, 4) is 28.7 Å². The quantitative estimate of drug-likeness (QED) is 0.216. The molecule has 0 radical (unpaired) electrons. The summed E-state index contributed by atoms with van der Waals surface area (Å²) in [6, 6.07) is 16.4. The summed E-state index contributed by atoms with van der Waals surface area (Å²) in [5.41, 5.74) is 2.99. The molecule has 3 aromatic carbocycles. The minimum absolute atomic E-state index is 0.104. The predicted molar refractivity (Wildman–Crippen MR) is 138 cm³/mol. The van der Waals surface area contributed by atoms with Crippen molar-refractivity contribution in [3.63, 3.8) is 0 Å². The number of carbonyl (C=O) groups is 1. The van der Waals surface area contributed by atoms with Gasteiger partial charge in [-0.25, -0.2) is 0 Å². The van der Waals surface area contributed by atoms with Crippen LogP contribution in [0.4, 0.5) is 5.69 Å². The lowest BCUT2D eigenvalue weighted by Crippen LogP contribution is -1.99. The lowest BCUT2D eigenvalue weighted by atomic mass is 10.1. The van der Waals surface area contributed by atoms with Crippen LogP contribution in [0.3, 0.4) is 0 Å². The molecule has 0 spiro atoms. The van der Waals surface area contributed by atoms with Crippen LogP contribution in [0.25, 0.3) is 12.2 Å². The first-order valence-electron chi connectivity index (χ1n) is 10.8. The number of allylic oxidation sites excluding steroid dienone is 1. The Morgan fingerprint density at radius 1 is 0.714 bits per heavy atom. The molecule has 7 nitrogen and oxygen atoms in total. The van der Waals surface area contributed by atoms with Gasteiger partial charge < -0.3 is 29.0 Å². The van der Waals surface area contributed by atoms with Gasteiger partial charge in [0.1, 0.15) is 0 Å². The van der Waals surface area contributed by atoms with E-state index in [4.69, 9.17) is 23.7 Å². The number of rotatable bonds is 11. The minimum atomic E-state index is -0.104. The number of hydrogen-bond acceptors (Lipinski definition) is 7. The monoisotopic (exact) mass is 475 g/mol. The number of methoxy groups -OCH3 is 5. The number of carbonyl (C=O) groups excluding carboxylic acids is 1. The second kappa shape index (κ2) is 12.2. The van der Waals surface area contributed by atoms with Gasteiger partial charge in [-0.15, -0.1) is 0 Å². The third-order valence-electron chi connectivity index (χ3n) is 5.23. The summed E-state index contributed by atoms with van der Waals surface area (Å²) in [6.07, 6.45) is 6.92. The molecule has 0 bridgehead atoms. The Hall–Kier alpha value is -4.39. The Morgan fingerprint density at radius 3 is 1.89 bits per heavy atom. The molecule has 0 amide bonds. The van der Waals surface area contributed by atoms with Gasteiger partial charge in [0.15, 0.2) is 28.8 Å². The number of hydrogen-bond donors (Lipinski definition) is 1. The van der Waals surface area contributed by atoms with Gasteiger partial charge in [0.25, 0.3) is 0 Å². The van der Waals surface area contributed by atoms with Gasteiger partial charge in [0.05, 0.1) is 35.5 Å². The van der Waals surface area contributed by atoms with E-state index in [0.717, 1.165) is 16.8 Å². The van der Waals surface area contributed by atoms with E-state index in [0.29, 0.717) is 34.3 Å². The number of ether oxygens (including phenoxy) is 5. The highest BCUT2D eigenvalue weighted by Crippen LogP contribution is 2.39. The molecule has 0 saturated carbocycles. The molecule has 3 aromatic rings. The molecule has 0 saturated heterocycles. The van der Waals surface area contributed by atoms with Crippen LogP contribution in [-0.4, -0.2) is 41.3 Å². The molecule has 182 valence electrons. The van der Waals surface area contributed by atoms with E-state index in [1.54, 1.807) is 53.9 Å². The van der Waals surface area contributed by atoms with Crippen LogP contribution in [0.5, 0.6) is 28.7 Å². The Balaban J connectivity index is 1.94. The van der Waals surface area contributed by atoms with Crippen LogP contribution in [0, 0.1) is 0 Å². The second-order valence-corrected chi connectivity index (χ2v) is 7.29. The van der Waals surface area contributed by atoms with Crippen molar-refractivity contribution < 1.29 is 28.5 Å². The van der Waals surface area contributed by atoms with Crippen molar-refractivity contribution in [2.75, 3.05) is 40.9 Å². The van der Waals surface area contributed by atoms with Crippen molar-refractivity contribution >= 4 is 23.6 Å². The fourth-order valence-electron chi connectivity index (χ4n) is 3.45. The van der Waals surface area contributed by atoms with Gasteiger partial charge in [-0.2, -0.15) is 0 Å². The maximum Gasteiger partial charge on any atom is 0.203 e. The van der Waals surface area contributed by atoms with E-state index in [1.165, 1.54) is 6.08 Å². The van der Waals surface area contributed by atoms with Crippen molar-refractivity contribution in [2.24, 2.45) is 0 Å². The first kappa shape index (κ1) is 25.2. The van der Waals surface area contributed by atoms with E-state index in [2.05, 4.69) is 5.32 Å². The largest absolute Gasteiger partial charge is 0.493 e. The van der Waals surface area contributed by atoms with Crippen LogP contribution in [-0.2, 0) is 0 Å². The van der Waals surface area contributed by atoms with Crippen LogP contribution in [0.1, 0.15) is 21.5 Å². The fraction of sp³-hybridized carbons (Fsp3) is 0.179. The van der Waals surface area contributed by atoms with E-state index in [9.17, 15) is 4.79 Å². The summed E-state index contributed by atoms with van der Waals surface area (Å²) in [4.78, 5) is 12.4. The van der Waals surface area contributed by atoms with E-state index in [-0.39, 0.29) is 5.78 Å². The summed E-state index contributed by atoms with van der Waals surface area (Å²) in [5.74, 6) is 2.66. The zero-order valence-electron chi connectivity index (χ0n) is 20.5. The summed E-state index contributed by atoms with van der Waals surface area (Å²) in [5, 5.41) is 3.18. The van der Waals surface area contributed by atoms with Crippen LogP contribution in [0.2, 0.25) is 0 Å². The zero-order valence-corrected chi connectivity index (χ0v) is 20.5. The van der Waals surface area contributed by atoms with E-state index in [1.807, 2.05) is 54.6 Å². The van der Waals surface area contributed by atoms with Gasteiger partial charge in [-0.1, -0.05) is 42.5 Å². The normalized spacial score (nSPS) is 10.9. The molecule has 0 aromatic heterocycles. The molecule has 0 atom stereocenters. The summed E-state index contributed by atoms with van der Waals surface area (Å²) >= 11 is 0. The van der Waals surface area contributed by atoms with Crippen molar-refractivity contribution in [1.29, 1.82) is 0 Å². The molecule has 3 rings (SSSR count). The minimum Gasteiger partial charge on any atom is -0.493 e. The van der Waals surface area contributed by atoms with Crippen LogP contribution < -0.4 is 29.0 Å². The summed E-state index contributed by atoms with van der Waals surface area (Å²) in [7, 11) is 7.86. The van der Waals surface area contributed by atoms with Crippen LogP contribution >= 0.6 is 0 Å². The zero-order chi connectivity index (χ0) is 25.2. The Morgan fingerprint density at radius 2 is 1.31 bits per heavy atom. The number of anilines is 1. The molecule has 0 aliphatic carbocycles. The highest BCUT2D eigenvalue weighted by molar-refractivity contribution is 6.04. The predicted octanol–water partition coefficient (Wildman–Crippen LogP) is 5.71. The second-order valence-electron chi connectivity index (χ2n) is 7.29. The number of ketones is 1. The Kier molecular flexibility index (Phi) is 8.78. The molecule has 0 unspecified atom stereocenters. The third kappa shape index (κ3) is 6.14. The average molecular weight is 476 g/mol. The molecule has 35 heavy (non-hydrogen) atoms. The topological polar surface area (TPSA) is 75.3 Å². The first-order chi connectivity index (χ1) is 17.0. The SMILES string of the molecule is COc1cc(C=Cc2cc(OC)c(OC)c(OC)c2)c(N/C=C\C(=O)c2ccccc2)cc1OC. The van der Waals surface area contributed by atoms with E-state index >= 15 is 0 Å². The molecule has 7 heteroatoms. The molecule has 1 N–H and O–H groups in total. The maximum absolute atomic E-state index is 12.4. The first-order valence-corrected chi connectivity index (χ1v) is 10.8. The third-order valence-corrected chi connectivity index (χ3v) is 5.23. The lowest BCUT2D eigenvalue weighted by molar-refractivity contribution is 0.104. The molecule has 0 aliphatic rings. The van der Waals surface area contributed by atoms with E-state index < -0.39 is 0 Å². The molecule has 0 heterocycles. The number of benzene rings is 3. The average Bonchev–Trinajstić information content (AvgIpc) is 2.91. The van der Waals surface area contributed by atoms with Crippen molar-refractivity contribution in [2.45, 2.75) is 0 Å². The standard InChI is InChI=1S/C28H29NO6/c1-31-24-17-21(12-11-19-15-26(33-3)28(35-5)27(16-19)34-4)22(18-25(24)32-2)29-14-13-23(30)20-9-7-6-8-10-20/h6-18,29H,1-5H3/b12-11?,14-13-. The smallest absolute Gasteiger partial charge is 0.203 e. The highest BCUT2D eigenvalue weighted by atomic mass is 16.5. The van der Waals surface area contributed by atoms with Gasteiger partial charge in [-0.05, 0) is 23.8 Å². The van der Waals surface area contributed by atoms with Gasteiger partial charge in [0.2, 0.25) is 5.75 Å².